The van der Waals surface area contributed by atoms with Crippen LogP contribution in [0.4, 0.5) is 9.59 Å². The molecule has 0 aliphatic carbocycles. The number of ether oxygens (including phenoxy) is 2. The highest BCUT2D eigenvalue weighted by Crippen LogP contribution is 2.22. The maximum absolute atomic E-state index is 13.8. The summed E-state index contributed by atoms with van der Waals surface area (Å²) in [6, 6.07) is 20.5. The summed E-state index contributed by atoms with van der Waals surface area (Å²) in [5, 5.41) is 21.3. The fraction of sp³-hybridized carbons (Fsp3) is 0.395. The second kappa shape index (κ2) is 19.4. The van der Waals surface area contributed by atoms with Crippen LogP contribution in [0.5, 0.6) is 0 Å². The Balaban J connectivity index is 1.45. The molecule has 0 aliphatic rings. The summed E-state index contributed by atoms with van der Waals surface area (Å²) < 4.78 is 10.9. The minimum atomic E-state index is -1.08. The number of alkyl carbamates (subject to hydrolysis) is 2. The molecule has 12 heteroatoms. The van der Waals surface area contributed by atoms with E-state index in [1.165, 1.54) is 11.3 Å². The Morgan fingerprint density at radius 3 is 1.98 bits per heavy atom. The number of pyridine rings is 1. The largest absolute Gasteiger partial charge is 0.445 e. The average Bonchev–Trinajstić information content (AvgIpc) is 3.59. The number of carbonyl (C=O) groups excluding carboxylic acids is 3. The van der Waals surface area contributed by atoms with Crippen molar-refractivity contribution in [1.29, 1.82) is 0 Å². The summed E-state index contributed by atoms with van der Waals surface area (Å²) in [5.74, 6) is -0.471. The molecule has 2 aromatic carbocycles. The van der Waals surface area contributed by atoms with Gasteiger partial charge in [-0.05, 0) is 42.4 Å². The van der Waals surface area contributed by atoms with Crippen LogP contribution in [-0.2, 0) is 40.3 Å². The van der Waals surface area contributed by atoms with Crippen LogP contribution in [0.15, 0.2) is 91.4 Å². The number of aliphatic hydroxyl groups is 1. The van der Waals surface area contributed by atoms with Crippen LogP contribution in [0.2, 0.25) is 0 Å². The Kier molecular flexibility index (Phi) is 14.7. The third kappa shape index (κ3) is 12.6. The molecule has 4 N–H and O–H groups in total. The van der Waals surface area contributed by atoms with Crippen LogP contribution in [0, 0.1) is 5.92 Å². The highest BCUT2D eigenvalue weighted by Gasteiger charge is 2.31. The molecule has 4 rings (SSSR count). The third-order valence-corrected chi connectivity index (χ3v) is 9.26. The molecular formula is C38H47N5O6S. The van der Waals surface area contributed by atoms with Gasteiger partial charge in [-0.25, -0.2) is 14.6 Å². The summed E-state index contributed by atoms with van der Waals surface area (Å²) in [4.78, 5) is 48.7. The first-order valence-corrected chi connectivity index (χ1v) is 17.6. The van der Waals surface area contributed by atoms with E-state index in [0.717, 1.165) is 26.6 Å². The molecule has 4 atom stereocenters. The van der Waals surface area contributed by atoms with E-state index in [-0.39, 0.29) is 31.5 Å². The maximum atomic E-state index is 13.8. The van der Waals surface area contributed by atoms with Crippen LogP contribution < -0.4 is 16.0 Å². The van der Waals surface area contributed by atoms with Crippen molar-refractivity contribution >= 4 is 29.4 Å². The van der Waals surface area contributed by atoms with E-state index in [1.807, 2.05) is 94.4 Å². The summed E-state index contributed by atoms with van der Waals surface area (Å²) in [5.41, 5.74) is 2.61. The van der Waals surface area contributed by atoms with Crippen molar-refractivity contribution < 1.29 is 29.0 Å². The molecule has 11 nitrogen and oxygen atoms in total. The van der Waals surface area contributed by atoms with Gasteiger partial charge < -0.3 is 30.5 Å². The fourth-order valence-electron chi connectivity index (χ4n) is 5.31. The lowest BCUT2D eigenvalue weighted by atomic mass is 9.93. The van der Waals surface area contributed by atoms with Gasteiger partial charge in [0.15, 0.2) is 0 Å². The summed E-state index contributed by atoms with van der Waals surface area (Å²) in [6.07, 6.45) is 3.37. The van der Waals surface area contributed by atoms with Gasteiger partial charge in [0.2, 0.25) is 5.91 Å². The molecule has 0 aliphatic heterocycles. The monoisotopic (exact) mass is 701 g/mol. The van der Waals surface area contributed by atoms with E-state index in [2.05, 4.69) is 25.9 Å². The first-order valence-electron chi connectivity index (χ1n) is 16.8. The molecule has 0 saturated heterocycles. The van der Waals surface area contributed by atoms with Crippen LogP contribution in [0.1, 0.15) is 66.6 Å². The van der Waals surface area contributed by atoms with Crippen molar-refractivity contribution in [2.75, 3.05) is 0 Å². The molecule has 2 heterocycles. The molecule has 0 radical (unpaired) electrons. The number of hydrogen-bond acceptors (Lipinski definition) is 9. The Labute approximate surface area is 297 Å². The van der Waals surface area contributed by atoms with E-state index in [0.29, 0.717) is 12.8 Å². The van der Waals surface area contributed by atoms with E-state index in [9.17, 15) is 19.5 Å². The molecule has 1 unspecified atom stereocenters. The van der Waals surface area contributed by atoms with E-state index < -0.39 is 42.3 Å². The van der Waals surface area contributed by atoms with Crippen LogP contribution >= 0.6 is 11.3 Å². The van der Waals surface area contributed by atoms with Gasteiger partial charge in [0.05, 0.1) is 22.0 Å². The first kappa shape index (κ1) is 38.0. The average molecular weight is 702 g/mol. The van der Waals surface area contributed by atoms with Gasteiger partial charge in [0, 0.05) is 36.1 Å². The van der Waals surface area contributed by atoms with E-state index >= 15 is 0 Å². The number of aliphatic hydroxyl groups excluding tert-OH is 1. The molecule has 4 aromatic rings. The van der Waals surface area contributed by atoms with Crippen LogP contribution in [0.25, 0.3) is 0 Å². The second-order valence-corrected chi connectivity index (χ2v) is 14.0. The maximum Gasteiger partial charge on any atom is 0.408 e. The number of thiazole rings is 1. The van der Waals surface area contributed by atoms with E-state index in [1.54, 1.807) is 24.7 Å². The minimum absolute atomic E-state index is 0.0402. The second-order valence-electron chi connectivity index (χ2n) is 12.8. The van der Waals surface area contributed by atoms with Gasteiger partial charge in [-0.15, -0.1) is 11.3 Å². The van der Waals surface area contributed by atoms with Gasteiger partial charge in [-0.1, -0.05) is 94.4 Å². The zero-order valence-electron chi connectivity index (χ0n) is 29.0. The molecule has 0 saturated carbocycles. The summed E-state index contributed by atoms with van der Waals surface area (Å²) >= 11 is 1.48. The Morgan fingerprint density at radius 1 is 0.760 bits per heavy atom. The number of hydrogen-bond donors (Lipinski definition) is 4. The lowest BCUT2D eigenvalue weighted by Crippen LogP contribution is -2.56. The predicted octanol–water partition coefficient (Wildman–Crippen LogP) is 5.93. The lowest BCUT2D eigenvalue weighted by molar-refractivity contribution is -0.125. The lowest BCUT2D eigenvalue weighted by Gasteiger charge is -2.30. The molecule has 266 valence electrons. The van der Waals surface area contributed by atoms with Gasteiger partial charge in [-0.2, -0.15) is 0 Å². The van der Waals surface area contributed by atoms with Crippen molar-refractivity contribution in [3.63, 3.8) is 0 Å². The van der Waals surface area contributed by atoms with Crippen LogP contribution in [-0.4, -0.2) is 57.4 Å². The van der Waals surface area contributed by atoms with Crippen molar-refractivity contribution in [1.82, 2.24) is 25.9 Å². The Hall–Kier alpha value is -4.81. The number of benzene rings is 2. The molecule has 2 aromatic heterocycles. The molecule has 50 heavy (non-hydrogen) atoms. The molecule has 0 fully saturated rings. The smallest absolute Gasteiger partial charge is 0.408 e. The predicted molar refractivity (Wildman–Crippen MR) is 192 cm³/mol. The Bertz CT molecular complexity index is 1620. The standard InChI is InChI=1S/C38H47N5O6S/c1-25(2)34(43-38(47)49-24-31-22-40-36(50-31)26(3)4)35(45)42-32(19-28-14-9-6-10-15-28)33(44)20-30(18-27-12-7-5-8-13-27)41-37(46)48-23-29-16-11-17-39-21-29/h5-17,21-22,25-26,30,32-34,44H,18-20,23-24H2,1-4H3,(H,41,46)(H,42,45)(H,43,47)/t30-,32-,33-,34?/m0/s1. The van der Waals surface area contributed by atoms with E-state index in [4.69, 9.17) is 9.47 Å². The highest BCUT2D eigenvalue weighted by atomic mass is 32.1. The van der Waals surface area contributed by atoms with Crippen molar-refractivity contribution in [3.8, 4) is 0 Å². The number of nitrogens with one attached hydrogen (secondary N) is 3. The number of rotatable bonds is 17. The third-order valence-electron chi connectivity index (χ3n) is 7.99. The number of nitrogens with zero attached hydrogens (tertiary/aromatic N) is 2. The summed E-state index contributed by atoms with van der Waals surface area (Å²) in [6.45, 7) is 7.82. The minimum Gasteiger partial charge on any atom is -0.445 e. The number of amides is 3. The highest BCUT2D eigenvalue weighted by molar-refractivity contribution is 7.11. The summed E-state index contributed by atoms with van der Waals surface area (Å²) in [7, 11) is 0. The zero-order valence-corrected chi connectivity index (χ0v) is 29.8. The van der Waals surface area contributed by atoms with Crippen LogP contribution in [0.3, 0.4) is 0 Å². The van der Waals surface area contributed by atoms with Gasteiger partial charge in [0.1, 0.15) is 19.3 Å². The topological polar surface area (TPSA) is 152 Å². The number of aromatic nitrogens is 2. The molecular weight excluding hydrogens is 655 g/mol. The SMILES string of the molecule is CC(C)c1ncc(COC(=O)NC(C(=O)N[C@@H](Cc2ccccc2)[C@@H](O)C[C@H](Cc2ccccc2)NC(=O)OCc2cccnc2)C(C)C)s1. The molecule has 0 bridgehead atoms. The fourth-order valence-corrected chi connectivity index (χ4v) is 6.14. The zero-order chi connectivity index (χ0) is 35.9. The van der Waals surface area contributed by atoms with Crippen molar-refractivity contribution in [3.05, 3.63) is 118 Å². The number of carbonyl (C=O) groups is 3. The molecule has 3 amide bonds. The Morgan fingerprint density at radius 2 is 1.38 bits per heavy atom. The first-order chi connectivity index (χ1) is 24.1. The van der Waals surface area contributed by atoms with Gasteiger partial charge in [-0.3, -0.25) is 9.78 Å². The molecule has 0 spiro atoms. The van der Waals surface area contributed by atoms with Crippen molar-refractivity contribution in [2.45, 2.75) is 90.3 Å². The van der Waals surface area contributed by atoms with Gasteiger partial charge >= 0.3 is 12.2 Å². The quantitative estimate of drug-likeness (QED) is 0.106. The van der Waals surface area contributed by atoms with Gasteiger partial charge in [0.25, 0.3) is 0 Å². The van der Waals surface area contributed by atoms with Crippen molar-refractivity contribution in [2.24, 2.45) is 5.92 Å². The normalized spacial score (nSPS) is 13.6.